The van der Waals surface area contributed by atoms with Crippen LogP contribution >= 0.6 is 0 Å². The predicted octanol–water partition coefficient (Wildman–Crippen LogP) is 13.7. The van der Waals surface area contributed by atoms with Crippen LogP contribution in [0.4, 0.5) is 0 Å². The van der Waals surface area contributed by atoms with Crippen LogP contribution in [0.2, 0.25) is 0 Å². The summed E-state index contributed by atoms with van der Waals surface area (Å²) in [4.78, 5) is 0. The lowest BCUT2D eigenvalue weighted by Gasteiger charge is -2.12. The molecule has 0 unspecified atom stereocenters. The van der Waals surface area contributed by atoms with Gasteiger partial charge in [0.05, 0.1) is 0 Å². The van der Waals surface area contributed by atoms with E-state index in [2.05, 4.69) is 136 Å². The molecule has 0 aliphatic rings. The first-order valence-electron chi connectivity index (χ1n) is 17.4. The number of aryl methyl sites for hydroxylation is 3. The summed E-state index contributed by atoms with van der Waals surface area (Å²) in [6, 6.07) is 42.9. The smallest absolute Gasteiger partial charge is 0.00987 e. The van der Waals surface area contributed by atoms with Gasteiger partial charge in [0.1, 0.15) is 0 Å². The first kappa shape index (κ1) is 30.8. The molecule has 7 aromatic rings. The summed E-state index contributed by atoms with van der Waals surface area (Å²) in [6.45, 7) is 6.62. The van der Waals surface area contributed by atoms with E-state index < -0.39 is 0 Å². The van der Waals surface area contributed by atoms with Crippen LogP contribution in [0.1, 0.15) is 81.9 Å². The third kappa shape index (κ3) is 6.91. The molecule has 45 heavy (non-hydrogen) atoms. The van der Waals surface area contributed by atoms with Crippen molar-refractivity contribution in [2.75, 3.05) is 0 Å². The third-order valence-corrected chi connectivity index (χ3v) is 9.76. The van der Waals surface area contributed by atoms with Gasteiger partial charge in [0, 0.05) is 0 Å². The molecule has 0 radical (unpaired) electrons. The van der Waals surface area contributed by atoms with Crippen LogP contribution in [-0.2, 0) is 12.8 Å². The van der Waals surface area contributed by atoms with E-state index in [-0.39, 0.29) is 0 Å². The van der Waals surface area contributed by atoms with Gasteiger partial charge in [-0.05, 0) is 96.7 Å². The lowest BCUT2D eigenvalue weighted by Crippen LogP contribution is -1.88. The Labute approximate surface area is 270 Å². The van der Waals surface area contributed by atoms with E-state index in [9.17, 15) is 0 Å². The molecular weight excluding hydrogens is 540 g/mol. The van der Waals surface area contributed by atoms with Crippen molar-refractivity contribution in [2.45, 2.75) is 85.0 Å². The van der Waals surface area contributed by atoms with Gasteiger partial charge in [-0.25, -0.2) is 0 Å². The molecule has 0 amide bonds. The minimum absolute atomic E-state index is 1.15. The van der Waals surface area contributed by atoms with Crippen molar-refractivity contribution in [1.82, 2.24) is 0 Å². The Morgan fingerprint density at radius 2 is 0.889 bits per heavy atom. The average Bonchev–Trinajstić information content (AvgIpc) is 3.09. The van der Waals surface area contributed by atoms with Crippen LogP contribution in [0.3, 0.4) is 0 Å². The molecule has 0 saturated carbocycles. The molecule has 0 aromatic heterocycles. The van der Waals surface area contributed by atoms with Gasteiger partial charge in [-0.15, -0.1) is 0 Å². The standard InChI is InChI=1S/C36H36.C9H12/c1-2-3-4-5-6-7-8-9-12-26-15-18-30-28(25-26)17-20-34-32(30)22-24-35-33-19-16-27-13-10-11-14-29(27)31(33)21-23-36(34)35;1-3-9-7-5-4-6-8(9)2/h10-11,13-25H,2-9,12H2,1H3;4-7H,3H2,1-2H3. The second kappa shape index (κ2) is 14.7. The lowest BCUT2D eigenvalue weighted by molar-refractivity contribution is 0.575. The Morgan fingerprint density at radius 3 is 1.51 bits per heavy atom. The van der Waals surface area contributed by atoms with Crippen molar-refractivity contribution in [3.05, 3.63) is 132 Å². The zero-order chi connectivity index (χ0) is 31.0. The molecule has 0 spiro atoms. The van der Waals surface area contributed by atoms with Gasteiger partial charge >= 0.3 is 0 Å². The maximum absolute atomic E-state index is 2.42. The molecule has 0 nitrogen and oxygen atoms in total. The molecule has 7 rings (SSSR count). The van der Waals surface area contributed by atoms with E-state index in [1.54, 1.807) is 0 Å². The Bertz CT molecular complexity index is 2040. The second-order valence-corrected chi connectivity index (χ2v) is 12.8. The number of benzene rings is 7. The van der Waals surface area contributed by atoms with Crippen LogP contribution in [-0.4, -0.2) is 0 Å². The molecule has 0 heteroatoms. The minimum Gasteiger partial charge on any atom is -0.0654 e. The molecule has 0 N–H and O–H groups in total. The van der Waals surface area contributed by atoms with E-state index >= 15 is 0 Å². The third-order valence-electron chi connectivity index (χ3n) is 9.76. The van der Waals surface area contributed by atoms with Gasteiger partial charge in [0.2, 0.25) is 0 Å². The summed E-state index contributed by atoms with van der Waals surface area (Å²) in [5.41, 5.74) is 4.34. The molecule has 0 saturated heterocycles. The first-order valence-corrected chi connectivity index (χ1v) is 17.4. The summed E-state index contributed by atoms with van der Waals surface area (Å²) < 4.78 is 0. The molecule has 0 aliphatic heterocycles. The lowest BCUT2D eigenvalue weighted by atomic mass is 9.92. The van der Waals surface area contributed by atoms with E-state index in [0.717, 1.165) is 6.42 Å². The molecule has 228 valence electrons. The van der Waals surface area contributed by atoms with Crippen molar-refractivity contribution in [2.24, 2.45) is 0 Å². The minimum atomic E-state index is 1.15. The first-order chi connectivity index (χ1) is 22.2. The van der Waals surface area contributed by atoms with Gasteiger partial charge in [0.25, 0.3) is 0 Å². The summed E-state index contributed by atoms with van der Waals surface area (Å²) in [5, 5.41) is 13.5. The van der Waals surface area contributed by atoms with E-state index in [1.807, 2.05) is 0 Å². The van der Waals surface area contributed by atoms with Crippen molar-refractivity contribution in [3.63, 3.8) is 0 Å². The van der Waals surface area contributed by atoms with Crippen LogP contribution in [0.5, 0.6) is 0 Å². The Hall–Kier alpha value is -4.16. The molecular formula is C45H48. The Kier molecular flexibility index (Phi) is 10.1. The summed E-state index contributed by atoms with van der Waals surface area (Å²) >= 11 is 0. The summed E-state index contributed by atoms with van der Waals surface area (Å²) in [6.07, 6.45) is 13.4. The molecule has 0 atom stereocenters. The van der Waals surface area contributed by atoms with Crippen LogP contribution in [0, 0.1) is 6.92 Å². The van der Waals surface area contributed by atoms with Crippen molar-refractivity contribution in [3.8, 4) is 0 Å². The van der Waals surface area contributed by atoms with Crippen molar-refractivity contribution in [1.29, 1.82) is 0 Å². The van der Waals surface area contributed by atoms with Gasteiger partial charge in [-0.3, -0.25) is 0 Å². The Morgan fingerprint density at radius 1 is 0.400 bits per heavy atom. The van der Waals surface area contributed by atoms with Gasteiger partial charge < -0.3 is 0 Å². The quantitative estimate of drug-likeness (QED) is 0.110. The zero-order valence-electron chi connectivity index (χ0n) is 27.5. The fraction of sp³-hybridized carbons (Fsp3) is 0.289. The topological polar surface area (TPSA) is 0 Å². The number of unbranched alkanes of at least 4 members (excludes halogenated alkanes) is 7. The van der Waals surface area contributed by atoms with Gasteiger partial charge in [0.15, 0.2) is 0 Å². The van der Waals surface area contributed by atoms with Crippen molar-refractivity contribution >= 4 is 53.9 Å². The van der Waals surface area contributed by atoms with Crippen LogP contribution < -0.4 is 0 Å². The van der Waals surface area contributed by atoms with Crippen molar-refractivity contribution < 1.29 is 0 Å². The Balaban J connectivity index is 0.000000343. The molecule has 7 aromatic carbocycles. The number of rotatable bonds is 10. The SMILES string of the molecule is CCCCCCCCCCc1ccc2c(ccc3c2ccc2c4ccc5ccccc5c4ccc32)c1.CCc1ccccc1C. The van der Waals surface area contributed by atoms with E-state index in [1.165, 1.54) is 128 Å². The highest BCUT2D eigenvalue weighted by Crippen LogP contribution is 2.37. The highest BCUT2D eigenvalue weighted by atomic mass is 14.1. The molecule has 0 bridgehead atoms. The van der Waals surface area contributed by atoms with E-state index in [4.69, 9.17) is 0 Å². The summed E-state index contributed by atoms with van der Waals surface area (Å²) in [5.74, 6) is 0. The van der Waals surface area contributed by atoms with Crippen LogP contribution in [0.25, 0.3) is 53.9 Å². The fourth-order valence-electron chi connectivity index (χ4n) is 7.14. The monoisotopic (exact) mass is 588 g/mol. The molecule has 0 aliphatic carbocycles. The maximum Gasteiger partial charge on any atom is -0.00987 e. The molecule has 0 heterocycles. The summed E-state index contributed by atoms with van der Waals surface area (Å²) in [7, 11) is 0. The zero-order valence-corrected chi connectivity index (χ0v) is 27.5. The normalized spacial score (nSPS) is 11.4. The maximum atomic E-state index is 2.42. The number of hydrogen-bond acceptors (Lipinski definition) is 0. The fourth-order valence-corrected chi connectivity index (χ4v) is 7.14. The number of hydrogen-bond donors (Lipinski definition) is 0. The predicted molar refractivity (Wildman–Crippen MR) is 201 cm³/mol. The highest BCUT2D eigenvalue weighted by Gasteiger charge is 2.09. The average molecular weight is 589 g/mol. The van der Waals surface area contributed by atoms with E-state index in [0.29, 0.717) is 0 Å². The second-order valence-electron chi connectivity index (χ2n) is 12.8. The number of fused-ring (bicyclic) bond motifs is 9. The van der Waals surface area contributed by atoms with Gasteiger partial charge in [-0.1, -0.05) is 174 Å². The largest absolute Gasteiger partial charge is 0.0654 e. The van der Waals surface area contributed by atoms with Crippen LogP contribution in [0.15, 0.2) is 115 Å². The van der Waals surface area contributed by atoms with Gasteiger partial charge in [-0.2, -0.15) is 0 Å². The molecule has 0 fully saturated rings. The highest BCUT2D eigenvalue weighted by molar-refractivity contribution is 6.24.